The lowest BCUT2D eigenvalue weighted by molar-refractivity contribution is -0.871. The van der Waals surface area contributed by atoms with Crippen LogP contribution in [0.3, 0.4) is 0 Å². The Bertz CT molecular complexity index is 466. The molecule has 0 spiro atoms. The van der Waals surface area contributed by atoms with Gasteiger partial charge in [-0.25, -0.2) is 0 Å². The molecule has 0 saturated carbocycles. The molecule has 0 rings (SSSR count). The molecule has 0 saturated heterocycles. The number of quaternary nitrogens is 1. The van der Waals surface area contributed by atoms with Crippen LogP contribution in [0.5, 0.6) is 0 Å². The minimum absolute atomic E-state index is 0.109. The molecule has 0 aliphatic carbocycles. The van der Waals surface area contributed by atoms with Crippen LogP contribution >= 0.6 is 7.52 Å². The molecule has 2 atom stereocenters. The Morgan fingerprint density at radius 3 is 1.69 bits per heavy atom. The van der Waals surface area contributed by atoms with Gasteiger partial charge in [-0.05, 0) is 6.42 Å². The number of hydrogen-bond donors (Lipinski definition) is 2. The summed E-state index contributed by atoms with van der Waals surface area (Å²) in [6, 6.07) is -0.558. The highest BCUT2D eigenvalue weighted by molar-refractivity contribution is 7.54. The van der Waals surface area contributed by atoms with Crippen LogP contribution in [0.4, 0.5) is 0 Å². The summed E-state index contributed by atoms with van der Waals surface area (Å²) in [5.41, 5.74) is 0. The number of rotatable bonds is 20. The molecule has 0 aromatic heterocycles. The van der Waals surface area contributed by atoms with Gasteiger partial charge in [0.25, 0.3) is 0 Å². The Kier molecular flexibility index (Phi) is 16.1. The lowest BCUT2D eigenvalue weighted by atomic mass is 10.1. The summed E-state index contributed by atoms with van der Waals surface area (Å²) < 4.78 is 12.8. The molecule has 1 unspecified atom stereocenters. The summed E-state index contributed by atoms with van der Waals surface area (Å²) in [6.07, 6.45) is 15.7. The Labute approximate surface area is 179 Å². The molecular weight excluding hydrogens is 387 g/mol. The molecule has 29 heavy (non-hydrogen) atoms. The van der Waals surface area contributed by atoms with E-state index in [-0.39, 0.29) is 12.6 Å². The standard InChI is InChI=1S/C22H47N2O4P/c1-5-6-7-8-9-10-11-12-13-14-15-16-17-18-29(27,28)23-21(19-22(25)26)20-24(2,3)4/h21H,5-20H2,1-4H3,(H2-,23,25,26,27,28)/t21-/m1/s1. The summed E-state index contributed by atoms with van der Waals surface area (Å²) in [5.74, 6) is -0.975. The van der Waals surface area contributed by atoms with E-state index in [1.165, 1.54) is 64.2 Å². The van der Waals surface area contributed by atoms with Crippen LogP contribution in [0.1, 0.15) is 96.8 Å². The Morgan fingerprint density at radius 2 is 1.31 bits per heavy atom. The molecule has 0 bridgehead atoms. The van der Waals surface area contributed by atoms with Crippen molar-refractivity contribution >= 4 is 13.5 Å². The molecule has 0 aromatic rings. The summed E-state index contributed by atoms with van der Waals surface area (Å²) in [7, 11) is 2.04. The molecule has 2 N–H and O–H groups in total. The minimum atomic E-state index is -3.75. The SMILES string of the molecule is CCCCCCCCCCCCCCCP(=O)([O-])N[C@H](CC(=O)O)C[N+](C)(C)C. The van der Waals surface area contributed by atoms with Crippen molar-refractivity contribution in [2.24, 2.45) is 0 Å². The number of unbranched alkanes of at least 4 members (excludes halogenated alkanes) is 12. The van der Waals surface area contributed by atoms with Crippen LogP contribution in [0, 0.1) is 0 Å². The van der Waals surface area contributed by atoms with E-state index in [9.17, 15) is 14.3 Å². The smallest absolute Gasteiger partial charge is 0.305 e. The Morgan fingerprint density at radius 1 is 0.897 bits per heavy atom. The van der Waals surface area contributed by atoms with E-state index < -0.39 is 19.5 Å². The van der Waals surface area contributed by atoms with Gasteiger partial charge in [0, 0.05) is 6.16 Å². The van der Waals surface area contributed by atoms with Gasteiger partial charge in [0.05, 0.1) is 47.7 Å². The highest BCUT2D eigenvalue weighted by Gasteiger charge is 2.24. The number of nitrogens with one attached hydrogen (secondary N) is 1. The maximum absolute atomic E-state index is 12.3. The summed E-state index contributed by atoms with van der Waals surface area (Å²) >= 11 is 0. The average Bonchev–Trinajstić information content (AvgIpc) is 2.56. The van der Waals surface area contributed by atoms with Crippen LogP contribution in [0.2, 0.25) is 0 Å². The highest BCUT2D eigenvalue weighted by Crippen LogP contribution is 2.33. The van der Waals surface area contributed by atoms with Gasteiger partial charge in [-0.1, -0.05) is 84.0 Å². The van der Waals surface area contributed by atoms with Crippen molar-refractivity contribution in [2.75, 3.05) is 33.8 Å². The second-order valence-electron chi connectivity index (χ2n) is 9.54. The van der Waals surface area contributed by atoms with Crippen molar-refractivity contribution in [2.45, 2.75) is 103 Å². The molecule has 0 amide bonds. The van der Waals surface area contributed by atoms with Gasteiger partial charge in [-0.3, -0.25) is 9.88 Å². The van der Waals surface area contributed by atoms with Crippen LogP contribution in [-0.4, -0.2) is 55.5 Å². The maximum Gasteiger partial charge on any atom is 0.305 e. The zero-order chi connectivity index (χ0) is 22.2. The van der Waals surface area contributed by atoms with Crippen molar-refractivity contribution in [1.82, 2.24) is 5.09 Å². The van der Waals surface area contributed by atoms with Gasteiger partial charge in [0.2, 0.25) is 0 Å². The fraction of sp³-hybridized carbons (Fsp3) is 0.955. The normalized spacial score (nSPS) is 15.2. The Hall–Kier alpha value is -0.420. The molecule has 7 heteroatoms. The van der Waals surface area contributed by atoms with Crippen LogP contribution in [0.15, 0.2) is 0 Å². The number of carboxylic acids is 1. The first-order chi connectivity index (χ1) is 13.6. The molecule has 0 aliphatic heterocycles. The lowest BCUT2D eigenvalue weighted by Gasteiger charge is -2.34. The number of carbonyl (C=O) groups is 1. The Balaban J connectivity index is 3.82. The van der Waals surface area contributed by atoms with E-state index in [0.29, 0.717) is 17.4 Å². The predicted octanol–water partition coefficient (Wildman–Crippen LogP) is 4.77. The van der Waals surface area contributed by atoms with E-state index in [1.807, 2.05) is 21.1 Å². The second kappa shape index (κ2) is 16.3. The van der Waals surface area contributed by atoms with Gasteiger partial charge in [0.1, 0.15) is 0 Å². The second-order valence-corrected chi connectivity index (χ2v) is 11.6. The van der Waals surface area contributed by atoms with Crippen molar-refractivity contribution in [1.29, 1.82) is 0 Å². The van der Waals surface area contributed by atoms with Crippen LogP contribution in [0.25, 0.3) is 0 Å². The highest BCUT2D eigenvalue weighted by atomic mass is 31.2. The lowest BCUT2D eigenvalue weighted by Crippen LogP contribution is -2.48. The quantitative estimate of drug-likeness (QED) is 0.164. The van der Waals surface area contributed by atoms with E-state index in [0.717, 1.165) is 12.8 Å². The largest absolute Gasteiger partial charge is 0.788 e. The summed E-state index contributed by atoms with van der Waals surface area (Å²) in [6.45, 7) is 2.70. The molecule has 0 radical (unpaired) electrons. The third-order valence-corrected chi connectivity index (χ3v) is 6.79. The predicted molar refractivity (Wildman–Crippen MR) is 120 cm³/mol. The van der Waals surface area contributed by atoms with E-state index in [2.05, 4.69) is 12.0 Å². The minimum Gasteiger partial charge on any atom is -0.788 e. The van der Waals surface area contributed by atoms with Gasteiger partial charge < -0.3 is 19.0 Å². The third kappa shape index (κ3) is 20.6. The van der Waals surface area contributed by atoms with Crippen molar-refractivity contribution < 1.29 is 23.8 Å². The number of nitrogens with zero attached hydrogens (tertiary/aromatic N) is 1. The van der Waals surface area contributed by atoms with Crippen molar-refractivity contribution in [3.05, 3.63) is 0 Å². The first kappa shape index (κ1) is 28.6. The molecule has 174 valence electrons. The number of hydrogen-bond acceptors (Lipinski definition) is 3. The molecule has 0 fully saturated rings. The molecular formula is C22H47N2O4P. The van der Waals surface area contributed by atoms with Gasteiger partial charge >= 0.3 is 5.97 Å². The number of likely N-dealkylation sites (N-methyl/N-ethyl adjacent to an activating group) is 1. The van der Waals surface area contributed by atoms with E-state index >= 15 is 0 Å². The van der Waals surface area contributed by atoms with Gasteiger partial charge in [-0.2, -0.15) is 0 Å². The first-order valence-corrected chi connectivity index (χ1v) is 13.5. The zero-order valence-electron chi connectivity index (χ0n) is 19.5. The molecule has 0 heterocycles. The monoisotopic (exact) mass is 434 g/mol. The van der Waals surface area contributed by atoms with E-state index in [1.54, 1.807) is 0 Å². The van der Waals surface area contributed by atoms with Crippen molar-refractivity contribution in [3.63, 3.8) is 0 Å². The molecule has 6 nitrogen and oxygen atoms in total. The fourth-order valence-corrected chi connectivity index (χ4v) is 5.20. The average molecular weight is 435 g/mol. The summed E-state index contributed by atoms with van der Waals surface area (Å²) in [4.78, 5) is 23.4. The van der Waals surface area contributed by atoms with Crippen LogP contribution < -0.4 is 9.98 Å². The molecule has 0 aromatic carbocycles. The fourth-order valence-electron chi connectivity index (χ4n) is 3.70. The number of carboxylic acid groups (broad SMARTS) is 1. The van der Waals surface area contributed by atoms with E-state index in [4.69, 9.17) is 5.11 Å². The van der Waals surface area contributed by atoms with Crippen LogP contribution in [-0.2, 0) is 9.36 Å². The van der Waals surface area contributed by atoms with Gasteiger partial charge in [-0.15, -0.1) is 0 Å². The number of aliphatic carboxylic acids is 1. The summed E-state index contributed by atoms with van der Waals surface area (Å²) in [5, 5.41) is 11.7. The third-order valence-electron chi connectivity index (χ3n) is 5.12. The van der Waals surface area contributed by atoms with Gasteiger partial charge in [0.15, 0.2) is 0 Å². The maximum atomic E-state index is 12.3. The zero-order valence-corrected chi connectivity index (χ0v) is 20.4. The molecule has 0 aliphatic rings. The topological polar surface area (TPSA) is 89.5 Å². The first-order valence-electron chi connectivity index (χ1n) is 11.7. The van der Waals surface area contributed by atoms with Crippen molar-refractivity contribution in [3.8, 4) is 0 Å².